The predicted octanol–water partition coefficient (Wildman–Crippen LogP) is 4.73. The van der Waals surface area contributed by atoms with Crippen LogP contribution in [0.4, 0.5) is 0 Å². The third kappa shape index (κ3) is 3.32. The van der Waals surface area contributed by atoms with E-state index in [4.69, 9.17) is 0 Å². The molecule has 0 aliphatic heterocycles. The van der Waals surface area contributed by atoms with Crippen LogP contribution in [0.5, 0.6) is 0 Å². The van der Waals surface area contributed by atoms with Gasteiger partial charge in [0.15, 0.2) is 5.78 Å². The van der Waals surface area contributed by atoms with Crippen LogP contribution in [0.15, 0.2) is 30.3 Å². The summed E-state index contributed by atoms with van der Waals surface area (Å²) in [5.41, 5.74) is 3.68. The van der Waals surface area contributed by atoms with E-state index in [9.17, 15) is 4.79 Å². The van der Waals surface area contributed by atoms with Gasteiger partial charge in [0, 0.05) is 0 Å². The fourth-order valence-corrected chi connectivity index (χ4v) is 2.84. The largest absolute Gasteiger partial charge is 0.295 e. The number of benzene rings is 1. The highest BCUT2D eigenvalue weighted by atomic mass is 16.1. The van der Waals surface area contributed by atoms with E-state index in [0.717, 1.165) is 17.1 Å². The fraction of sp³-hybridized carbons (Fsp3) is 0.471. The lowest BCUT2D eigenvalue weighted by Crippen LogP contribution is -2.04. The van der Waals surface area contributed by atoms with Crippen LogP contribution in [0.2, 0.25) is 0 Å². The van der Waals surface area contributed by atoms with Crippen molar-refractivity contribution in [1.82, 2.24) is 0 Å². The SMILES string of the molecule is CC(=O)/C=C(/C)c1ccc(C2CCCCC2)cc1. The van der Waals surface area contributed by atoms with Crippen molar-refractivity contribution in [3.8, 4) is 0 Å². The lowest BCUT2D eigenvalue weighted by atomic mass is 9.84. The molecule has 1 aliphatic carbocycles. The molecule has 0 spiro atoms. The minimum atomic E-state index is 0.115. The summed E-state index contributed by atoms with van der Waals surface area (Å²) in [4.78, 5) is 11.1. The molecule has 18 heavy (non-hydrogen) atoms. The van der Waals surface area contributed by atoms with Gasteiger partial charge in [-0.1, -0.05) is 43.5 Å². The fourth-order valence-electron chi connectivity index (χ4n) is 2.84. The number of hydrogen-bond acceptors (Lipinski definition) is 1. The number of ketones is 1. The molecule has 1 aromatic carbocycles. The summed E-state index contributed by atoms with van der Waals surface area (Å²) in [7, 11) is 0. The van der Waals surface area contributed by atoms with Gasteiger partial charge in [-0.25, -0.2) is 0 Å². The summed E-state index contributed by atoms with van der Waals surface area (Å²) < 4.78 is 0. The van der Waals surface area contributed by atoms with E-state index in [0.29, 0.717) is 0 Å². The van der Waals surface area contributed by atoms with E-state index in [1.165, 1.54) is 37.7 Å². The predicted molar refractivity (Wildman–Crippen MR) is 76.6 cm³/mol. The molecule has 0 radical (unpaired) electrons. The summed E-state index contributed by atoms with van der Waals surface area (Å²) in [6.45, 7) is 3.59. The van der Waals surface area contributed by atoms with Crippen LogP contribution in [0.25, 0.3) is 5.57 Å². The molecule has 1 heteroatoms. The van der Waals surface area contributed by atoms with Crippen molar-refractivity contribution in [3.63, 3.8) is 0 Å². The minimum absolute atomic E-state index is 0.115. The molecule has 1 nitrogen and oxygen atoms in total. The van der Waals surface area contributed by atoms with Crippen molar-refractivity contribution in [2.45, 2.75) is 51.9 Å². The second kappa shape index (κ2) is 5.99. The molecular weight excluding hydrogens is 220 g/mol. The zero-order valence-electron chi connectivity index (χ0n) is 11.4. The minimum Gasteiger partial charge on any atom is -0.295 e. The number of hydrogen-bond donors (Lipinski definition) is 0. The maximum absolute atomic E-state index is 11.1. The Hall–Kier alpha value is -1.37. The molecule has 0 amide bonds. The third-order valence-electron chi connectivity index (χ3n) is 3.86. The van der Waals surface area contributed by atoms with Crippen molar-refractivity contribution in [2.75, 3.05) is 0 Å². The molecule has 0 bridgehead atoms. The molecular formula is C17H22O. The van der Waals surface area contributed by atoms with Crippen molar-refractivity contribution >= 4 is 11.4 Å². The lowest BCUT2D eigenvalue weighted by Gasteiger charge is -2.22. The number of carbonyl (C=O) groups excluding carboxylic acids is 1. The van der Waals surface area contributed by atoms with Crippen LogP contribution in [-0.4, -0.2) is 5.78 Å². The Kier molecular flexibility index (Phi) is 4.35. The normalized spacial score (nSPS) is 17.8. The second-order valence-corrected chi connectivity index (χ2v) is 5.39. The van der Waals surface area contributed by atoms with E-state index in [2.05, 4.69) is 24.3 Å². The molecule has 1 aliphatic rings. The number of allylic oxidation sites excluding steroid dienone is 2. The Bertz CT molecular complexity index is 433. The van der Waals surface area contributed by atoms with E-state index in [-0.39, 0.29) is 5.78 Å². The highest BCUT2D eigenvalue weighted by Gasteiger charge is 2.15. The van der Waals surface area contributed by atoms with Gasteiger partial charge < -0.3 is 0 Å². The summed E-state index contributed by atoms with van der Waals surface area (Å²) in [6, 6.07) is 8.78. The first kappa shape index (κ1) is 13.1. The second-order valence-electron chi connectivity index (χ2n) is 5.39. The van der Waals surface area contributed by atoms with Gasteiger partial charge in [0.25, 0.3) is 0 Å². The highest BCUT2D eigenvalue weighted by Crippen LogP contribution is 2.32. The topological polar surface area (TPSA) is 17.1 Å². The maximum Gasteiger partial charge on any atom is 0.152 e. The van der Waals surface area contributed by atoms with Gasteiger partial charge >= 0.3 is 0 Å². The maximum atomic E-state index is 11.1. The van der Waals surface area contributed by atoms with Crippen LogP contribution in [0.3, 0.4) is 0 Å². The Morgan fingerprint density at radius 3 is 2.22 bits per heavy atom. The van der Waals surface area contributed by atoms with Crippen LogP contribution >= 0.6 is 0 Å². The molecule has 0 unspecified atom stereocenters. The average Bonchev–Trinajstić information content (AvgIpc) is 2.39. The van der Waals surface area contributed by atoms with Gasteiger partial charge in [-0.2, -0.15) is 0 Å². The van der Waals surface area contributed by atoms with Crippen molar-refractivity contribution < 1.29 is 4.79 Å². The van der Waals surface area contributed by atoms with Crippen LogP contribution in [0.1, 0.15) is 63.0 Å². The van der Waals surface area contributed by atoms with Gasteiger partial charge in [-0.15, -0.1) is 0 Å². The summed E-state index contributed by atoms with van der Waals surface area (Å²) in [5, 5.41) is 0. The monoisotopic (exact) mass is 242 g/mol. The molecule has 0 heterocycles. The van der Waals surface area contributed by atoms with Gasteiger partial charge in [0.05, 0.1) is 0 Å². The molecule has 1 aromatic rings. The first-order valence-electron chi connectivity index (χ1n) is 6.96. The molecule has 0 aromatic heterocycles. The summed E-state index contributed by atoms with van der Waals surface area (Å²) in [5.74, 6) is 0.869. The third-order valence-corrected chi connectivity index (χ3v) is 3.86. The van der Waals surface area contributed by atoms with E-state index >= 15 is 0 Å². The first-order chi connectivity index (χ1) is 8.66. The zero-order chi connectivity index (χ0) is 13.0. The number of carbonyl (C=O) groups is 1. The van der Waals surface area contributed by atoms with E-state index < -0.39 is 0 Å². The summed E-state index contributed by atoms with van der Waals surface area (Å²) in [6.07, 6.45) is 8.51. The summed E-state index contributed by atoms with van der Waals surface area (Å²) >= 11 is 0. The van der Waals surface area contributed by atoms with Crippen molar-refractivity contribution in [2.24, 2.45) is 0 Å². The highest BCUT2D eigenvalue weighted by molar-refractivity contribution is 5.94. The van der Waals surface area contributed by atoms with Crippen LogP contribution in [-0.2, 0) is 4.79 Å². The first-order valence-corrected chi connectivity index (χ1v) is 6.96. The molecule has 2 rings (SSSR count). The Morgan fingerprint density at radius 1 is 1.06 bits per heavy atom. The van der Waals surface area contributed by atoms with Gasteiger partial charge in [-0.05, 0) is 55.4 Å². The molecule has 0 N–H and O–H groups in total. The van der Waals surface area contributed by atoms with Crippen molar-refractivity contribution in [3.05, 3.63) is 41.5 Å². The van der Waals surface area contributed by atoms with E-state index in [1.54, 1.807) is 13.0 Å². The molecule has 1 saturated carbocycles. The molecule has 0 saturated heterocycles. The quantitative estimate of drug-likeness (QED) is 0.700. The standard InChI is InChI=1S/C17H22O/c1-13(12-14(2)18)15-8-10-17(11-9-15)16-6-4-3-5-7-16/h8-12,16H,3-7H2,1-2H3/b13-12-. The van der Waals surface area contributed by atoms with Crippen molar-refractivity contribution in [1.29, 1.82) is 0 Å². The Labute approximate surface area is 110 Å². The van der Waals surface area contributed by atoms with Crippen LogP contribution in [0, 0.1) is 0 Å². The molecule has 0 atom stereocenters. The lowest BCUT2D eigenvalue weighted by molar-refractivity contribution is -0.112. The van der Waals surface area contributed by atoms with Gasteiger partial charge in [-0.3, -0.25) is 4.79 Å². The molecule has 96 valence electrons. The molecule has 1 fully saturated rings. The van der Waals surface area contributed by atoms with E-state index in [1.807, 2.05) is 6.92 Å². The number of rotatable bonds is 3. The smallest absolute Gasteiger partial charge is 0.152 e. The van der Waals surface area contributed by atoms with Gasteiger partial charge in [0.1, 0.15) is 0 Å². The Morgan fingerprint density at radius 2 is 1.67 bits per heavy atom. The Balaban J connectivity index is 2.12. The van der Waals surface area contributed by atoms with Gasteiger partial charge in [0.2, 0.25) is 0 Å². The average molecular weight is 242 g/mol. The van der Waals surface area contributed by atoms with Crippen LogP contribution < -0.4 is 0 Å². The zero-order valence-corrected chi connectivity index (χ0v) is 11.4.